The molecule has 27 heavy (non-hydrogen) atoms. The van der Waals surface area contributed by atoms with Crippen LogP contribution in [0.1, 0.15) is 30.0 Å². The van der Waals surface area contributed by atoms with Crippen molar-refractivity contribution in [2.75, 3.05) is 0 Å². The van der Waals surface area contributed by atoms with Crippen LogP contribution in [0.3, 0.4) is 0 Å². The highest BCUT2D eigenvalue weighted by Gasteiger charge is 2.19. The molecule has 3 rings (SSSR count). The van der Waals surface area contributed by atoms with Gasteiger partial charge in [-0.25, -0.2) is 4.98 Å². The molecule has 140 valence electrons. The summed E-state index contributed by atoms with van der Waals surface area (Å²) in [6.07, 6.45) is 0.0777. The Balaban J connectivity index is 1.57. The lowest BCUT2D eigenvalue weighted by molar-refractivity contribution is -0.145. The fraction of sp³-hybridized carbons (Fsp3) is 0.211. The van der Waals surface area contributed by atoms with Crippen molar-refractivity contribution in [3.05, 3.63) is 62.8 Å². The van der Waals surface area contributed by atoms with Gasteiger partial charge in [0.2, 0.25) is 5.91 Å². The minimum absolute atomic E-state index is 0.0777. The third-order valence-corrected chi connectivity index (χ3v) is 5.84. The zero-order valence-electron chi connectivity index (χ0n) is 14.5. The maximum absolute atomic E-state index is 12.2. The Hall–Kier alpha value is -2.22. The fourth-order valence-corrected chi connectivity index (χ4v) is 4.15. The first-order chi connectivity index (χ1) is 13.0. The Morgan fingerprint density at radius 1 is 1.22 bits per heavy atom. The van der Waals surface area contributed by atoms with Crippen molar-refractivity contribution in [2.45, 2.75) is 26.0 Å². The van der Waals surface area contributed by atoms with Gasteiger partial charge in [0.1, 0.15) is 11.6 Å². The second-order valence-electron chi connectivity index (χ2n) is 5.78. The highest BCUT2D eigenvalue weighted by Crippen LogP contribution is 2.26. The Morgan fingerprint density at radius 2 is 2.00 bits per heavy atom. The van der Waals surface area contributed by atoms with Gasteiger partial charge in [-0.05, 0) is 23.6 Å². The quantitative estimate of drug-likeness (QED) is 0.555. The minimum atomic E-state index is -0.386. The zero-order chi connectivity index (χ0) is 19.2. The van der Waals surface area contributed by atoms with Crippen molar-refractivity contribution in [2.24, 2.45) is 0 Å². The topological polar surface area (TPSA) is 68.3 Å². The number of nitrogens with zero attached hydrogens (tertiary/aromatic N) is 1. The molecule has 0 saturated heterocycles. The summed E-state index contributed by atoms with van der Waals surface area (Å²) in [7, 11) is 0. The van der Waals surface area contributed by atoms with Crippen LogP contribution in [0.15, 0.2) is 47.2 Å². The fourth-order valence-electron chi connectivity index (χ4n) is 2.44. The van der Waals surface area contributed by atoms with Crippen LogP contribution in [0, 0.1) is 0 Å². The molecule has 8 heteroatoms. The predicted octanol–water partition coefficient (Wildman–Crippen LogP) is 4.84. The number of hydrogen-bond acceptors (Lipinski definition) is 6. The number of aromatic nitrogens is 1. The van der Waals surface area contributed by atoms with E-state index in [2.05, 4.69) is 10.3 Å². The van der Waals surface area contributed by atoms with Gasteiger partial charge in [0.25, 0.3) is 0 Å². The molecule has 0 radical (unpaired) electrons. The zero-order valence-corrected chi connectivity index (χ0v) is 16.9. The predicted molar refractivity (Wildman–Crippen MR) is 108 cm³/mol. The van der Waals surface area contributed by atoms with Crippen LogP contribution in [0.25, 0.3) is 10.6 Å². The van der Waals surface area contributed by atoms with Gasteiger partial charge in [-0.3, -0.25) is 9.59 Å². The number of ether oxygens (including phenoxy) is 1. The van der Waals surface area contributed by atoms with Gasteiger partial charge in [-0.1, -0.05) is 29.8 Å². The molecule has 0 aliphatic carbocycles. The number of thiazole rings is 1. The largest absolute Gasteiger partial charge is 0.459 e. The Bertz CT molecular complexity index is 907. The number of benzene rings is 1. The number of nitrogens with one attached hydrogen (secondary N) is 1. The number of carbonyl (C=O) groups is 2. The summed E-state index contributed by atoms with van der Waals surface area (Å²) in [5, 5.41) is 8.07. The van der Waals surface area contributed by atoms with Gasteiger partial charge < -0.3 is 10.1 Å². The molecule has 1 atom stereocenters. The van der Waals surface area contributed by atoms with Crippen LogP contribution >= 0.6 is 34.3 Å². The summed E-state index contributed by atoms with van der Waals surface area (Å²) in [6.45, 7) is 1.53. The number of amides is 1. The molecule has 5 nitrogen and oxygen atoms in total. The second kappa shape index (κ2) is 9.12. The normalized spacial score (nSPS) is 11.8. The monoisotopic (exact) mass is 420 g/mol. The molecule has 1 N–H and O–H groups in total. The highest BCUT2D eigenvalue weighted by molar-refractivity contribution is 7.13. The lowest BCUT2D eigenvalue weighted by atomic mass is 10.1. The average molecular weight is 421 g/mol. The number of hydrogen-bond donors (Lipinski definition) is 1. The van der Waals surface area contributed by atoms with E-state index in [9.17, 15) is 9.59 Å². The Morgan fingerprint density at radius 3 is 2.67 bits per heavy atom. The van der Waals surface area contributed by atoms with Crippen LogP contribution in [0.4, 0.5) is 0 Å². The maximum atomic E-state index is 12.2. The van der Waals surface area contributed by atoms with Gasteiger partial charge in [-0.15, -0.1) is 22.7 Å². The van der Waals surface area contributed by atoms with Crippen molar-refractivity contribution in [3.63, 3.8) is 0 Å². The SMILES string of the molecule is CC(=O)N[C@H](CC(=O)OCc1csc(-c2ccc(Cl)cc2)n1)c1cccs1. The second-order valence-corrected chi connectivity index (χ2v) is 8.06. The van der Waals surface area contributed by atoms with Gasteiger partial charge in [-0.2, -0.15) is 0 Å². The first kappa shape index (κ1) is 19.5. The van der Waals surface area contributed by atoms with E-state index in [4.69, 9.17) is 16.3 Å². The van der Waals surface area contributed by atoms with Crippen molar-refractivity contribution in [1.29, 1.82) is 0 Å². The molecule has 0 aliphatic rings. The third kappa shape index (κ3) is 5.63. The van der Waals surface area contributed by atoms with Crippen LogP contribution in [0.5, 0.6) is 0 Å². The molecule has 1 aromatic carbocycles. The molecule has 2 heterocycles. The minimum Gasteiger partial charge on any atom is -0.459 e. The summed E-state index contributed by atoms with van der Waals surface area (Å²) >= 11 is 8.87. The molecule has 0 bridgehead atoms. The molecular weight excluding hydrogens is 404 g/mol. The smallest absolute Gasteiger partial charge is 0.308 e. The number of thiophene rings is 1. The van der Waals surface area contributed by atoms with Gasteiger partial charge in [0.05, 0.1) is 18.2 Å². The van der Waals surface area contributed by atoms with Crippen LogP contribution in [0.2, 0.25) is 5.02 Å². The molecule has 0 saturated carbocycles. The maximum Gasteiger partial charge on any atom is 0.308 e. The molecule has 3 aromatic rings. The van der Waals surface area contributed by atoms with Gasteiger partial charge in [0.15, 0.2) is 0 Å². The molecule has 0 spiro atoms. The molecular formula is C19H17ClN2O3S2. The van der Waals surface area contributed by atoms with Gasteiger partial charge >= 0.3 is 5.97 Å². The lowest BCUT2D eigenvalue weighted by Crippen LogP contribution is -2.28. The summed E-state index contributed by atoms with van der Waals surface area (Å²) < 4.78 is 5.34. The standard InChI is InChI=1S/C19H17ClN2O3S2/c1-12(23)21-16(17-3-2-8-26-17)9-18(24)25-10-15-11-27-19(22-15)13-4-6-14(20)7-5-13/h2-8,11,16H,9-10H2,1H3,(H,21,23)/t16-/m1/s1. The van der Waals surface area contributed by atoms with Crippen molar-refractivity contribution in [1.82, 2.24) is 10.3 Å². The first-order valence-corrected chi connectivity index (χ1v) is 10.3. The summed E-state index contributed by atoms with van der Waals surface area (Å²) in [5.41, 5.74) is 1.65. The van der Waals surface area contributed by atoms with E-state index in [1.807, 2.05) is 47.2 Å². The Kier molecular flexibility index (Phi) is 6.60. The van der Waals surface area contributed by atoms with Crippen LogP contribution in [-0.4, -0.2) is 16.9 Å². The van der Waals surface area contributed by atoms with E-state index >= 15 is 0 Å². The highest BCUT2D eigenvalue weighted by atomic mass is 35.5. The number of rotatable bonds is 7. The van der Waals surface area contributed by atoms with Gasteiger partial charge in [0, 0.05) is 27.8 Å². The van der Waals surface area contributed by atoms with E-state index in [-0.39, 0.29) is 30.9 Å². The van der Waals surface area contributed by atoms with E-state index < -0.39 is 0 Å². The molecule has 0 aliphatic heterocycles. The average Bonchev–Trinajstić information content (AvgIpc) is 3.32. The number of carbonyl (C=O) groups excluding carboxylic acids is 2. The summed E-state index contributed by atoms with van der Waals surface area (Å²) in [6, 6.07) is 10.8. The third-order valence-electron chi connectivity index (χ3n) is 3.66. The van der Waals surface area contributed by atoms with Crippen molar-refractivity contribution in [3.8, 4) is 10.6 Å². The van der Waals surface area contributed by atoms with E-state index in [0.29, 0.717) is 10.7 Å². The van der Waals surface area contributed by atoms with Crippen LogP contribution < -0.4 is 5.32 Å². The van der Waals surface area contributed by atoms with Crippen molar-refractivity contribution >= 4 is 46.2 Å². The summed E-state index contributed by atoms with van der Waals surface area (Å²) in [5.74, 6) is -0.573. The Labute approximate surface area is 170 Å². The summed E-state index contributed by atoms with van der Waals surface area (Å²) in [4.78, 5) is 29.0. The van der Waals surface area contributed by atoms with Crippen molar-refractivity contribution < 1.29 is 14.3 Å². The van der Waals surface area contributed by atoms with E-state index in [1.165, 1.54) is 29.6 Å². The lowest BCUT2D eigenvalue weighted by Gasteiger charge is -2.15. The van der Waals surface area contributed by atoms with Crippen LogP contribution in [-0.2, 0) is 20.9 Å². The molecule has 2 aromatic heterocycles. The first-order valence-electron chi connectivity index (χ1n) is 8.17. The van der Waals surface area contributed by atoms with E-state index in [1.54, 1.807) is 0 Å². The number of halogens is 1. The molecule has 1 amide bonds. The van der Waals surface area contributed by atoms with E-state index in [0.717, 1.165) is 15.4 Å². The molecule has 0 unspecified atom stereocenters. The number of esters is 1. The molecule has 0 fully saturated rings.